The Morgan fingerprint density at radius 1 is 1.36 bits per heavy atom. The lowest BCUT2D eigenvalue weighted by atomic mass is 10.1. The fourth-order valence-corrected chi connectivity index (χ4v) is 2.20. The van der Waals surface area contributed by atoms with Crippen LogP contribution in [-0.2, 0) is 4.79 Å². The molecule has 0 fully saturated rings. The predicted octanol–water partition coefficient (Wildman–Crippen LogP) is 1.65. The number of amides is 1. The third-order valence-corrected chi connectivity index (χ3v) is 3.23. The number of hydrogen-bond acceptors (Lipinski definition) is 3. The lowest BCUT2D eigenvalue weighted by molar-refractivity contribution is -0.139. The summed E-state index contributed by atoms with van der Waals surface area (Å²) in [7, 11) is 0. The van der Waals surface area contributed by atoms with Crippen LogP contribution in [0.3, 0.4) is 0 Å². The van der Waals surface area contributed by atoms with Gasteiger partial charge < -0.3 is 15.4 Å². The number of aromatic amines is 1. The van der Waals surface area contributed by atoms with Gasteiger partial charge in [0.05, 0.1) is 5.56 Å². The van der Waals surface area contributed by atoms with Crippen LogP contribution >= 0.6 is 0 Å². The van der Waals surface area contributed by atoms with Crippen molar-refractivity contribution in [3.8, 4) is 0 Å². The lowest BCUT2D eigenvalue weighted by Gasteiger charge is -2.14. The van der Waals surface area contributed by atoms with Crippen LogP contribution in [0.1, 0.15) is 30.1 Å². The van der Waals surface area contributed by atoms with E-state index < -0.39 is 29.3 Å². The van der Waals surface area contributed by atoms with E-state index in [0.717, 1.165) is 18.2 Å². The summed E-state index contributed by atoms with van der Waals surface area (Å²) < 4.78 is 13.4. The molecule has 0 saturated heterocycles. The zero-order valence-corrected chi connectivity index (χ0v) is 11.9. The molecule has 1 amide bonds. The maximum Gasteiger partial charge on any atom is 0.326 e. The van der Waals surface area contributed by atoms with Gasteiger partial charge in [-0.05, 0) is 24.6 Å². The number of carbonyl (C=O) groups excluding carboxylic acids is 1. The fourth-order valence-electron chi connectivity index (χ4n) is 2.20. The minimum absolute atomic E-state index is 0.0550. The fraction of sp³-hybridized carbons (Fsp3) is 0.267. The molecule has 3 N–H and O–H groups in total. The summed E-state index contributed by atoms with van der Waals surface area (Å²) in [6, 6.07) is 3.61. The van der Waals surface area contributed by atoms with Gasteiger partial charge >= 0.3 is 5.97 Å². The van der Waals surface area contributed by atoms with Crippen molar-refractivity contribution in [2.75, 3.05) is 0 Å². The monoisotopic (exact) mass is 306 g/mol. The molecular formula is C15H15FN2O4. The first-order valence-corrected chi connectivity index (χ1v) is 6.78. The van der Waals surface area contributed by atoms with Crippen molar-refractivity contribution in [3.05, 3.63) is 46.0 Å². The van der Waals surface area contributed by atoms with Gasteiger partial charge in [-0.15, -0.1) is 0 Å². The highest BCUT2D eigenvalue weighted by Gasteiger charge is 2.21. The van der Waals surface area contributed by atoms with Crippen LogP contribution in [0.2, 0.25) is 0 Å². The van der Waals surface area contributed by atoms with E-state index in [1.54, 1.807) is 6.92 Å². The normalized spacial score (nSPS) is 12.1. The van der Waals surface area contributed by atoms with Gasteiger partial charge in [-0.25, -0.2) is 9.18 Å². The van der Waals surface area contributed by atoms with Crippen molar-refractivity contribution >= 4 is 22.8 Å². The Morgan fingerprint density at radius 3 is 2.73 bits per heavy atom. The van der Waals surface area contributed by atoms with Gasteiger partial charge in [0.2, 0.25) is 5.56 Å². The molecule has 1 atom stereocenters. The molecule has 0 aliphatic carbocycles. The number of halogens is 1. The Labute approximate surface area is 125 Å². The smallest absolute Gasteiger partial charge is 0.326 e. The number of nitrogens with one attached hydrogen (secondary N) is 2. The molecule has 116 valence electrons. The molecule has 0 aliphatic rings. The quantitative estimate of drug-likeness (QED) is 0.782. The summed E-state index contributed by atoms with van der Waals surface area (Å²) in [5.74, 6) is -2.44. The van der Waals surface area contributed by atoms with Gasteiger partial charge in [0.1, 0.15) is 11.9 Å². The number of hydrogen-bond donors (Lipinski definition) is 3. The Kier molecular flexibility index (Phi) is 4.55. The number of rotatable bonds is 5. The number of aromatic nitrogens is 1. The second kappa shape index (κ2) is 6.38. The largest absolute Gasteiger partial charge is 0.480 e. The number of aliphatic carboxylic acids is 1. The van der Waals surface area contributed by atoms with Crippen LogP contribution in [0.15, 0.2) is 29.1 Å². The van der Waals surface area contributed by atoms with Crippen molar-refractivity contribution in [3.63, 3.8) is 0 Å². The van der Waals surface area contributed by atoms with Crippen LogP contribution < -0.4 is 10.9 Å². The molecule has 1 aromatic carbocycles. The zero-order chi connectivity index (χ0) is 16.3. The highest BCUT2D eigenvalue weighted by atomic mass is 19.1. The summed E-state index contributed by atoms with van der Waals surface area (Å²) in [5.41, 5.74) is -0.270. The van der Waals surface area contributed by atoms with Crippen molar-refractivity contribution in [2.45, 2.75) is 25.8 Å². The standard InChI is InChI=1S/C15H15FN2O4/c1-2-3-12(15(21)22)18-14(20)10-7-13(19)17-11-5-4-8(16)6-9(10)11/h4-7,12H,2-3H2,1H3,(H,17,19)(H,18,20)(H,21,22). The number of carbonyl (C=O) groups is 2. The molecule has 0 saturated carbocycles. The summed E-state index contributed by atoms with van der Waals surface area (Å²) in [4.78, 5) is 37.4. The van der Waals surface area contributed by atoms with E-state index in [0.29, 0.717) is 11.9 Å². The minimum Gasteiger partial charge on any atom is -0.480 e. The lowest BCUT2D eigenvalue weighted by Crippen LogP contribution is -2.41. The van der Waals surface area contributed by atoms with E-state index in [2.05, 4.69) is 10.3 Å². The summed E-state index contributed by atoms with van der Waals surface area (Å²) in [6.45, 7) is 1.79. The van der Waals surface area contributed by atoms with Crippen LogP contribution in [0.4, 0.5) is 4.39 Å². The molecule has 0 spiro atoms. The average Bonchev–Trinajstić information content (AvgIpc) is 2.46. The molecule has 2 aromatic rings. The van der Waals surface area contributed by atoms with Crippen molar-refractivity contribution in [2.24, 2.45) is 0 Å². The Hall–Kier alpha value is -2.70. The van der Waals surface area contributed by atoms with Crippen LogP contribution in [-0.4, -0.2) is 28.0 Å². The van der Waals surface area contributed by atoms with E-state index in [9.17, 15) is 18.8 Å². The van der Waals surface area contributed by atoms with Gasteiger partial charge in [-0.1, -0.05) is 13.3 Å². The van der Waals surface area contributed by atoms with Crippen LogP contribution in [0, 0.1) is 5.82 Å². The average molecular weight is 306 g/mol. The summed E-state index contributed by atoms with van der Waals surface area (Å²) in [6.07, 6.45) is 0.832. The first kappa shape index (κ1) is 15.7. The molecule has 1 heterocycles. The number of fused-ring (bicyclic) bond motifs is 1. The van der Waals surface area contributed by atoms with E-state index in [1.807, 2.05) is 0 Å². The maximum absolute atomic E-state index is 13.4. The molecule has 0 aliphatic heterocycles. The molecule has 2 rings (SSSR count). The molecular weight excluding hydrogens is 291 g/mol. The summed E-state index contributed by atoms with van der Waals surface area (Å²) >= 11 is 0. The van der Waals surface area contributed by atoms with Gasteiger partial charge in [0, 0.05) is 17.0 Å². The van der Waals surface area contributed by atoms with E-state index >= 15 is 0 Å². The first-order chi connectivity index (χ1) is 10.4. The van der Waals surface area contributed by atoms with E-state index in [4.69, 9.17) is 5.11 Å². The molecule has 6 nitrogen and oxygen atoms in total. The highest BCUT2D eigenvalue weighted by molar-refractivity contribution is 6.06. The second-order valence-electron chi connectivity index (χ2n) is 4.89. The van der Waals surface area contributed by atoms with Crippen LogP contribution in [0.5, 0.6) is 0 Å². The van der Waals surface area contributed by atoms with Gasteiger partial charge in [0.15, 0.2) is 0 Å². The van der Waals surface area contributed by atoms with Gasteiger partial charge in [-0.2, -0.15) is 0 Å². The van der Waals surface area contributed by atoms with Crippen molar-refractivity contribution in [1.82, 2.24) is 10.3 Å². The minimum atomic E-state index is -1.16. The zero-order valence-electron chi connectivity index (χ0n) is 11.9. The van der Waals surface area contributed by atoms with E-state index in [-0.39, 0.29) is 17.4 Å². The van der Waals surface area contributed by atoms with Gasteiger partial charge in [0.25, 0.3) is 5.91 Å². The molecule has 1 aromatic heterocycles. The second-order valence-corrected chi connectivity index (χ2v) is 4.89. The molecule has 0 radical (unpaired) electrons. The first-order valence-electron chi connectivity index (χ1n) is 6.78. The van der Waals surface area contributed by atoms with Gasteiger partial charge in [-0.3, -0.25) is 9.59 Å². The maximum atomic E-state index is 13.4. The molecule has 0 bridgehead atoms. The Bertz CT molecular complexity index is 785. The van der Waals surface area contributed by atoms with Crippen molar-refractivity contribution < 1.29 is 19.1 Å². The van der Waals surface area contributed by atoms with Crippen LogP contribution in [0.25, 0.3) is 10.9 Å². The number of pyridine rings is 1. The topological polar surface area (TPSA) is 99.3 Å². The van der Waals surface area contributed by atoms with E-state index in [1.165, 1.54) is 6.07 Å². The Morgan fingerprint density at radius 2 is 2.09 bits per heavy atom. The number of carboxylic acids is 1. The highest BCUT2D eigenvalue weighted by Crippen LogP contribution is 2.17. The summed E-state index contributed by atoms with van der Waals surface area (Å²) in [5, 5.41) is 11.6. The predicted molar refractivity (Wildman–Crippen MR) is 78.3 cm³/mol. The van der Waals surface area contributed by atoms with Crippen molar-refractivity contribution in [1.29, 1.82) is 0 Å². The third-order valence-electron chi connectivity index (χ3n) is 3.23. The number of H-pyrrole nitrogens is 1. The third kappa shape index (κ3) is 3.30. The molecule has 7 heteroatoms. The molecule has 22 heavy (non-hydrogen) atoms. The number of carboxylic acid groups (broad SMARTS) is 1. The Balaban J connectivity index is 2.44. The number of benzene rings is 1. The SMILES string of the molecule is CCCC(NC(=O)c1cc(=O)[nH]c2ccc(F)cc12)C(=O)O. The molecule has 1 unspecified atom stereocenters.